The van der Waals surface area contributed by atoms with E-state index in [1.54, 1.807) is 17.6 Å². The molecule has 182 valence electrons. The molecule has 0 spiro atoms. The Hall–Kier alpha value is -3.80. The minimum absolute atomic E-state index is 0.0678. The van der Waals surface area contributed by atoms with Crippen molar-refractivity contribution in [3.63, 3.8) is 0 Å². The first-order valence-electron chi connectivity index (χ1n) is 12.1. The zero-order valence-electron chi connectivity index (χ0n) is 19.9. The summed E-state index contributed by atoms with van der Waals surface area (Å²) in [6.07, 6.45) is 1.96. The fourth-order valence-electron chi connectivity index (χ4n) is 5.53. The third-order valence-corrected chi connectivity index (χ3v) is 7.74. The van der Waals surface area contributed by atoms with Crippen LogP contribution in [-0.4, -0.2) is 21.2 Å². The molecule has 0 radical (unpaired) electrons. The van der Waals surface area contributed by atoms with Crippen molar-refractivity contribution in [2.45, 2.75) is 25.6 Å². The lowest BCUT2D eigenvalue weighted by Crippen LogP contribution is -2.33. The first-order valence-corrected chi connectivity index (χ1v) is 12.8. The molecule has 2 aliphatic heterocycles. The van der Waals surface area contributed by atoms with Crippen LogP contribution in [0.25, 0.3) is 21.7 Å². The van der Waals surface area contributed by atoms with Gasteiger partial charge in [-0.1, -0.05) is 77.8 Å². The van der Waals surface area contributed by atoms with E-state index in [-0.39, 0.29) is 11.9 Å². The Labute approximate surface area is 223 Å². The lowest BCUT2D eigenvalue weighted by atomic mass is 9.95. The minimum atomic E-state index is -0.570. The average Bonchev–Trinajstić information content (AvgIpc) is 3.51. The monoisotopic (exact) mass is 525 g/mol. The van der Waals surface area contributed by atoms with Gasteiger partial charge in [0.25, 0.3) is 0 Å². The summed E-state index contributed by atoms with van der Waals surface area (Å²) >= 11 is 13.1. The summed E-state index contributed by atoms with van der Waals surface area (Å²) in [5.74, 6) is 0.536. The lowest BCUT2D eigenvalue weighted by Gasteiger charge is -2.38. The number of benzene rings is 4. The van der Waals surface area contributed by atoms with Crippen LogP contribution in [0.2, 0.25) is 10.0 Å². The van der Waals surface area contributed by atoms with Gasteiger partial charge in [0.2, 0.25) is 12.1 Å². The van der Waals surface area contributed by atoms with Gasteiger partial charge in [-0.15, -0.1) is 0 Å². The molecule has 7 rings (SSSR count). The number of nitrogens with zero attached hydrogens (tertiary/aromatic N) is 3. The second-order valence-electron chi connectivity index (χ2n) is 9.48. The van der Waals surface area contributed by atoms with Crippen LogP contribution in [0.5, 0.6) is 5.75 Å². The molecule has 2 atom stereocenters. The Kier molecular flexibility index (Phi) is 5.07. The van der Waals surface area contributed by atoms with E-state index in [4.69, 9.17) is 33.0 Å². The standard InChI is InChI=1S/C30H21Cl2N3O2/c1-17(36)34-16-24(22-8-4-5-9-27(22)34)30-35-28(23-13-21(31)14-25(32)29(23)37-30)15-26(33-35)20-11-10-18-6-2-3-7-19(18)12-20/h2-14,16,28,30H,15H2,1H3/t28-,30-/m1/s1. The van der Waals surface area contributed by atoms with Crippen LogP contribution < -0.4 is 4.74 Å². The molecule has 0 unspecified atom stereocenters. The molecule has 0 N–H and O–H groups in total. The number of halogens is 2. The zero-order valence-corrected chi connectivity index (χ0v) is 21.4. The summed E-state index contributed by atoms with van der Waals surface area (Å²) < 4.78 is 8.24. The second-order valence-corrected chi connectivity index (χ2v) is 10.3. The van der Waals surface area contributed by atoms with Gasteiger partial charge < -0.3 is 4.74 Å². The van der Waals surface area contributed by atoms with Gasteiger partial charge in [0.15, 0.2) is 0 Å². The SMILES string of the molecule is CC(=O)n1cc([C@H]2Oc3c(Cl)cc(Cl)cc3[C@H]3CC(c4ccc5ccccc5c4)=NN32)c2ccccc21. The highest BCUT2D eigenvalue weighted by Crippen LogP contribution is 2.51. The van der Waals surface area contributed by atoms with Gasteiger partial charge in [-0.3, -0.25) is 9.36 Å². The zero-order chi connectivity index (χ0) is 25.3. The van der Waals surface area contributed by atoms with Gasteiger partial charge in [0.1, 0.15) is 5.75 Å². The van der Waals surface area contributed by atoms with Gasteiger partial charge in [0.05, 0.1) is 22.3 Å². The number of aromatic nitrogens is 1. The molecule has 4 aromatic carbocycles. The fraction of sp³-hybridized carbons (Fsp3) is 0.133. The smallest absolute Gasteiger partial charge is 0.227 e. The molecule has 5 nitrogen and oxygen atoms in total. The van der Waals surface area contributed by atoms with Crippen molar-refractivity contribution < 1.29 is 9.53 Å². The van der Waals surface area contributed by atoms with Crippen molar-refractivity contribution in [1.82, 2.24) is 9.58 Å². The molecule has 0 saturated carbocycles. The molecule has 1 aromatic heterocycles. The maximum Gasteiger partial charge on any atom is 0.227 e. The highest BCUT2D eigenvalue weighted by atomic mass is 35.5. The first-order chi connectivity index (χ1) is 18.0. The number of hydrogen-bond donors (Lipinski definition) is 0. The van der Waals surface area contributed by atoms with E-state index in [2.05, 4.69) is 30.3 Å². The van der Waals surface area contributed by atoms with Crippen LogP contribution >= 0.6 is 23.2 Å². The van der Waals surface area contributed by atoms with Gasteiger partial charge >= 0.3 is 0 Å². The fourth-order valence-corrected chi connectivity index (χ4v) is 6.08. The Morgan fingerprint density at radius 3 is 2.57 bits per heavy atom. The van der Waals surface area contributed by atoms with Crippen molar-refractivity contribution in [2.75, 3.05) is 0 Å². The normalized spacial score (nSPS) is 18.5. The van der Waals surface area contributed by atoms with E-state index in [1.165, 1.54) is 5.39 Å². The number of carbonyl (C=O) groups excluding carboxylic acids is 1. The molecule has 0 bridgehead atoms. The van der Waals surface area contributed by atoms with Crippen LogP contribution in [0.1, 0.15) is 47.1 Å². The van der Waals surface area contributed by atoms with Gasteiger partial charge in [0, 0.05) is 41.1 Å². The molecule has 0 amide bonds. The van der Waals surface area contributed by atoms with Crippen molar-refractivity contribution in [2.24, 2.45) is 5.10 Å². The summed E-state index contributed by atoms with van der Waals surface area (Å²) in [7, 11) is 0. The molecule has 5 aromatic rings. The molecule has 3 heterocycles. The number of fused-ring (bicyclic) bond motifs is 5. The van der Waals surface area contributed by atoms with E-state index in [0.717, 1.165) is 38.7 Å². The second kappa shape index (κ2) is 8.37. The Morgan fingerprint density at radius 2 is 1.73 bits per heavy atom. The quantitative estimate of drug-likeness (QED) is 0.234. The summed E-state index contributed by atoms with van der Waals surface area (Å²) in [6, 6.07) is 26.0. The Morgan fingerprint density at radius 1 is 0.946 bits per heavy atom. The van der Waals surface area contributed by atoms with E-state index < -0.39 is 6.23 Å². The van der Waals surface area contributed by atoms with E-state index in [0.29, 0.717) is 22.2 Å². The summed E-state index contributed by atoms with van der Waals surface area (Å²) in [5.41, 5.74) is 4.62. The number of ether oxygens (including phenoxy) is 1. The van der Waals surface area contributed by atoms with Crippen LogP contribution in [0.3, 0.4) is 0 Å². The van der Waals surface area contributed by atoms with Crippen molar-refractivity contribution in [3.8, 4) is 5.75 Å². The predicted octanol–water partition coefficient (Wildman–Crippen LogP) is 8.00. The molecule has 0 fully saturated rings. The third kappa shape index (κ3) is 3.53. The largest absolute Gasteiger partial charge is 0.463 e. The summed E-state index contributed by atoms with van der Waals surface area (Å²) in [5, 5.41) is 11.4. The Balaban J connectivity index is 1.41. The highest BCUT2D eigenvalue weighted by Gasteiger charge is 2.43. The average molecular weight is 526 g/mol. The summed E-state index contributed by atoms with van der Waals surface area (Å²) in [6.45, 7) is 1.56. The Bertz CT molecular complexity index is 1770. The number of hydrogen-bond acceptors (Lipinski definition) is 4. The molecule has 0 aliphatic carbocycles. The molecule has 0 saturated heterocycles. The van der Waals surface area contributed by atoms with Crippen LogP contribution in [0, 0.1) is 0 Å². The van der Waals surface area contributed by atoms with Crippen LogP contribution in [0.15, 0.2) is 90.2 Å². The van der Waals surface area contributed by atoms with Crippen LogP contribution in [-0.2, 0) is 0 Å². The highest BCUT2D eigenvalue weighted by molar-refractivity contribution is 6.35. The number of carbonyl (C=O) groups is 1. The molecule has 2 aliphatic rings. The maximum atomic E-state index is 12.5. The summed E-state index contributed by atoms with van der Waals surface area (Å²) in [4.78, 5) is 12.5. The molecule has 37 heavy (non-hydrogen) atoms. The topological polar surface area (TPSA) is 46.8 Å². The van der Waals surface area contributed by atoms with Crippen molar-refractivity contribution in [3.05, 3.63) is 112 Å². The number of rotatable bonds is 2. The lowest BCUT2D eigenvalue weighted by molar-refractivity contribution is -0.0180. The first kappa shape index (κ1) is 22.4. The molecular formula is C30H21Cl2N3O2. The predicted molar refractivity (Wildman–Crippen MR) is 148 cm³/mol. The molecular weight excluding hydrogens is 505 g/mol. The van der Waals surface area contributed by atoms with Gasteiger partial charge in [-0.25, -0.2) is 5.01 Å². The van der Waals surface area contributed by atoms with Gasteiger partial charge in [-0.05, 0) is 40.6 Å². The third-order valence-electron chi connectivity index (χ3n) is 7.24. The van der Waals surface area contributed by atoms with Crippen molar-refractivity contribution in [1.29, 1.82) is 0 Å². The molecule has 7 heteroatoms. The van der Waals surface area contributed by atoms with Gasteiger partial charge in [-0.2, -0.15) is 5.10 Å². The van der Waals surface area contributed by atoms with Crippen molar-refractivity contribution >= 4 is 56.5 Å². The van der Waals surface area contributed by atoms with E-state index in [1.807, 2.05) is 53.7 Å². The minimum Gasteiger partial charge on any atom is -0.463 e. The van der Waals surface area contributed by atoms with E-state index in [9.17, 15) is 4.79 Å². The van der Waals surface area contributed by atoms with Crippen LogP contribution in [0.4, 0.5) is 0 Å². The maximum absolute atomic E-state index is 12.5. The number of hydrazone groups is 1. The number of para-hydroxylation sites is 1. The van der Waals surface area contributed by atoms with E-state index >= 15 is 0 Å².